The molecular weight excluding hydrogens is 675 g/mol. The molecule has 0 unspecified atom stereocenters. The largest absolute Gasteiger partial charge is 0.449 e. The molecule has 5 heteroatoms. The normalized spacial score (nSPS) is 13.5. The summed E-state index contributed by atoms with van der Waals surface area (Å²) in [5, 5.41) is 4.65. The molecule has 0 amide bonds. The number of fused-ring (bicyclic) bond motifs is 8. The molecule has 9 aromatic rings. The van der Waals surface area contributed by atoms with Crippen molar-refractivity contribution < 1.29 is 9.47 Å². The van der Waals surface area contributed by atoms with Gasteiger partial charge in [0.2, 0.25) is 0 Å². The Labute approximate surface area is 318 Å². The average Bonchev–Trinajstić information content (AvgIpc) is 3.62. The first-order valence-corrected chi connectivity index (χ1v) is 18.7. The van der Waals surface area contributed by atoms with Crippen LogP contribution in [0.5, 0.6) is 23.0 Å². The lowest BCUT2D eigenvalue weighted by molar-refractivity contribution is 0.362. The highest BCUT2D eigenvalue weighted by molar-refractivity contribution is 6.20. The van der Waals surface area contributed by atoms with Gasteiger partial charge in [0, 0.05) is 33.0 Å². The molecule has 1 aliphatic heterocycles. The smallest absolute Gasteiger partial charge is 0.194 e. The number of allylic oxidation sites excluding steroid dienone is 4. The van der Waals surface area contributed by atoms with Crippen molar-refractivity contribution in [3.05, 3.63) is 187 Å². The van der Waals surface area contributed by atoms with Gasteiger partial charge in [-0.2, -0.15) is 0 Å². The van der Waals surface area contributed by atoms with Crippen LogP contribution in [0.15, 0.2) is 176 Å². The van der Waals surface area contributed by atoms with E-state index in [9.17, 15) is 0 Å². The Morgan fingerprint density at radius 2 is 1.16 bits per heavy atom. The van der Waals surface area contributed by atoms with Gasteiger partial charge < -0.3 is 14.0 Å². The van der Waals surface area contributed by atoms with Crippen molar-refractivity contribution in [2.24, 2.45) is 0 Å². The molecule has 0 spiro atoms. The minimum atomic E-state index is 0.705. The first-order chi connectivity index (χ1) is 27.2. The van der Waals surface area contributed by atoms with E-state index in [2.05, 4.69) is 126 Å². The Morgan fingerprint density at radius 3 is 1.98 bits per heavy atom. The van der Waals surface area contributed by atoms with Gasteiger partial charge in [-0.3, -0.25) is 0 Å². The highest BCUT2D eigenvalue weighted by Gasteiger charge is 2.26. The van der Waals surface area contributed by atoms with Gasteiger partial charge in [0.05, 0.1) is 16.9 Å². The Balaban J connectivity index is 1.03. The summed E-state index contributed by atoms with van der Waals surface area (Å²) in [7, 11) is 0. The fourth-order valence-electron chi connectivity index (χ4n) is 8.09. The molecule has 3 heterocycles. The summed E-state index contributed by atoms with van der Waals surface area (Å²) in [6.07, 6.45) is 6.48. The van der Waals surface area contributed by atoms with Crippen molar-refractivity contribution in [2.75, 3.05) is 0 Å². The third kappa shape index (κ3) is 5.32. The van der Waals surface area contributed by atoms with Crippen LogP contribution in [-0.2, 0) is 0 Å². The monoisotopic (exact) mass is 707 g/mol. The first-order valence-electron chi connectivity index (χ1n) is 18.7. The van der Waals surface area contributed by atoms with Crippen molar-refractivity contribution in [1.82, 2.24) is 14.5 Å². The van der Waals surface area contributed by atoms with Gasteiger partial charge in [-0.15, -0.1) is 0 Å². The van der Waals surface area contributed by atoms with E-state index >= 15 is 0 Å². The number of nitrogens with zero attached hydrogens (tertiary/aromatic N) is 3. The predicted octanol–water partition coefficient (Wildman–Crippen LogP) is 13.2. The van der Waals surface area contributed by atoms with Crippen molar-refractivity contribution in [3.63, 3.8) is 0 Å². The Kier molecular flexibility index (Phi) is 7.24. The van der Waals surface area contributed by atoms with Crippen molar-refractivity contribution in [1.29, 1.82) is 0 Å². The van der Waals surface area contributed by atoms with Crippen molar-refractivity contribution in [3.8, 4) is 51.3 Å². The molecule has 0 bridgehead atoms. The van der Waals surface area contributed by atoms with E-state index in [1.54, 1.807) is 0 Å². The summed E-state index contributed by atoms with van der Waals surface area (Å²) >= 11 is 0. The van der Waals surface area contributed by atoms with Gasteiger partial charge in [0.25, 0.3) is 0 Å². The molecule has 2 aliphatic rings. The average molecular weight is 708 g/mol. The standard InChI is InChI=1S/C50H33N3O2/c1-3-13-34(14-4-1)42-31-43(52-50(51-42)35-15-5-2-6-16-35)37-18-11-17-36(30-37)32-22-25-38(26-23-32)53-47-39-19-8-7-12-33(39)24-27-40(47)41-28-29-46-49(48(41)53)55-45-21-10-9-20-44(45)54-46/h1-10,12-17,19-31H,11,18H2. The van der Waals surface area contributed by atoms with Crippen LogP contribution in [0.25, 0.3) is 72.1 Å². The molecule has 1 aliphatic carbocycles. The Bertz CT molecular complexity index is 2960. The topological polar surface area (TPSA) is 49.2 Å². The van der Waals surface area contributed by atoms with Crippen molar-refractivity contribution >= 4 is 43.7 Å². The molecule has 7 aromatic carbocycles. The first kappa shape index (κ1) is 31.3. The van der Waals surface area contributed by atoms with E-state index in [1.807, 2.05) is 54.6 Å². The molecule has 0 fully saturated rings. The van der Waals surface area contributed by atoms with Crippen LogP contribution in [-0.4, -0.2) is 14.5 Å². The summed E-state index contributed by atoms with van der Waals surface area (Å²) in [5.74, 6) is 3.59. The molecule has 2 aromatic heterocycles. The maximum Gasteiger partial charge on any atom is 0.194 e. The Hall–Kier alpha value is -7.24. The fraction of sp³-hybridized carbons (Fsp3) is 0.0400. The molecule has 5 nitrogen and oxygen atoms in total. The van der Waals surface area contributed by atoms with Crippen LogP contribution in [0.2, 0.25) is 0 Å². The SMILES string of the molecule is C1=C(c2ccc(-n3c4c5c(ccc4c4ccc6ccccc6c43)Oc3ccccc3O5)cc2)C=C(c2cc(-c3ccccc3)nc(-c3ccccc3)n2)CC1. The maximum atomic E-state index is 6.67. The minimum Gasteiger partial charge on any atom is -0.449 e. The molecule has 260 valence electrons. The lowest BCUT2D eigenvalue weighted by atomic mass is 9.92. The lowest BCUT2D eigenvalue weighted by Gasteiger charge is -2.22. The molecule has 0 radical (unpaired) electrons. The fourth-order valence-corrected chi connectivity index (χ4v) is 8.09. The zero-order chi connectivity index (χ0) is 36.3. The highest BCUT2D eigenvalue weighted by atomic mass is 16.6. The van der Waals surface area contributed by atoms with Gasteiger partial charge in [-0.25, -0.2) is 9.97 Å². The van der Waals surface area contributed by atoms with Gasteiger partial charge in [0.15, 0.2) is 28.8 Å². The third-order valence-electron chi connectivity index (χ3n) is 10.7. The molecule has 0 saturated heterocycles. The third-order valence-corrected chi connectivity index (χ3v) is 10.7. The van der Waals surface area contributed by atoms with Gasteiger partial charge in [0.1, 0.15) is 5.52 Å². The summed E-state index contributed by atoms with van der Waals surface area (Å²) in [6, 6.07) is 56.7. The summed E-state index contributed by atoms with van der Waals surface area (Å²) in [4.78, 5) is 10.1. The second-order valence-corrected chi connectivity index (χ2v) is 14.1. The molecule has 0 atom stereocenters. The van der Waals surface area contributed by atoms with Crippen LogP contribution in [0.4, 0.5) is 0 Å². The van der Waals surface area contributed by atoms with Crippen molar-refractivity contribution in [2.45, 2.75) is 12.8 Å². The molecule has 55 heavy (non-hydrogen) atoms. The van der Waals surface area contributed by atoms with Crippen LogP contribution in [0.1, 0.15) is 24.1 Å². The number of hydrogen-bond acceptors (Lipinski definition) is 4. The van der Waals surface area contributed by atoms with E-state index in [0.29, 0.717) is 11.5 Å². The van der Waals surface area contributed by atoms with Gasteiger partial charge in [-0.1, -0.05) is 127 Å². The molecule has 0 N–H and O–H groups in total. The number of hydrogen-bond donors (Lipinski definition) is 0. The van der Waals surface area contributed by atoms with E-state index in [1.165, 1.54) is 27.3 Å². The van der Waals surface area contributed by atoms with Crippen LogP contribution in [0, 0.1) is 0 Å². The van der Waals surface area contributed by atoms with Gasteiger partial charge >= 0.3 is 0 Å². The number of para-hydroxylation sites is 2. The highest BCUT2D eigenvalue weighted by Crippen LogP contribution is 2.51. The quantitative estimate of drug-likeness (QED) is 0.179. The number of benzene rings is 7. The Morgan fingerprint density at radius 1 is 0.491 bits per heavy atom. The molecular formula is C50H33N3O2. The molecule has 11 rings (SSSR count). The van der Waals surface area contributed by atoms with E-state index < -0.39 is 0 Å². The van der Waals surface area contributed by atoms with Gasteiger partial charge in [-0.05, 0) is 83.5 Å². The minimum absolute atomic E-state index is 0.705. The zero-order valence-corrected chi connectivity index (χ0v) is 29.8. The summed E-state index contributed by atoms with van der Waals surface area (Å²) in [5.41, 5.74) is 10.7. The summed E-state index contributed by atoms with van der Waals surface area (Å²) < 4.78 is 15.4. The van der Waals surface area contributed by atoms with E-state index in [-0.39, 0.29) is 0 Å². The van der Waals surface area contributed by atoms with Crippen LogP contribution in [0.3, 0.4) is 0 Å². The number of aromatic nitrogens is 3. The van der Waals surface area contributed by atoms with Crippen LogP contribution < -0.4 is 9.47 Å². The van der Waals surface area contributed by atoms with E-state index in [4.69, 9.17) is 19.4 Å². The van der Waals surface area contributed by atoms with Crippen LogP contribution >= 0.6 is 0 Å². The lowest BCUT2D eigenvalue weighted by Crippen LogP contribution is -2.02. The second kappa shape index (κ2) is 12.7. The summed E-state index contributed by atoms with van der Waals surface area (Å²) in [6.45, 7) is 0. The maximum absolute atomic E-state index is 6.67. The van der Waals surface area contributed by atoms with E-state index in [0.717, 1.165) is 80.4 Å². The second-order valence-electron chi connectivity index (χ2n) is 14.1. The number of ether oxygens (including phenoxy) is 2. The predicted molar refractivity (Wildman–Crippen MR) is 223 cm³/mol. The molecule has 0 saturated carbocycles. The zero-order valence-electron chi connectivity index (χ0n) is 29.8. The number of rotatable bonds is 5.